The molecule has 1 amide bonds. The van der Waals surface area contributed by atoms with Gasteiger partial charge in [-0.15, -0.1) is 0 Å². The molecule has 0 aromatic heterocycles. The highest BCUT2D eigenvalue weighted by molar-refractivity contribution is 6.31. The maximum absolute atomic E-state index is 12.1. The molecule has 1 atom stereocenters. The zero-order chi connectivity index (χ0) is 12.7. The average molecular weight is 266 g/mol. The summed E-state index contributed by atoms with van der Waals surface area (Å²) in [6, 6.07) is 5.62. The number of nitrogens with one attached hydrogen (secondary N) is 1. The van der Waals surface area contributed by atoms with E-state index in [1.165, 1.54) is 0 Å². The summed E-state index contributed by atoms with van der Waals surface area (Å²) in [4.78, 5) is 14.3. The molecular weight excluding hydrogens is 250 g/mol. The van der Waals surface area contributed by atoms with E-state index in [0.717, 1.165) is 37.2 Å². The van der Waals surface area contributed by atoms with E-state index < -0.39 is 0 Å². The predicted molar refractivity (Wildman–Crippen MR) is 71.6 cm³/mol. The van der Waals surface area contributed by atoms with Crippen LogP contribution in [0.4, 0.5) is 5.69 Å². The van der Waals surface area contributed by atoms with Gasteiger partial charge in [-0.25, -0.2) is 0 Å². The third-order valence-corrected chi connectivity index (χ3v) is 3.99. The Morgan fingerprint density at radius 3 is 2.78 bits per heavy atom. The van der Waals surface area contributed by atoms with E-state index in [0.29, 0.717) is 5.02 Å². The highest BCUT2D eigenvalue weighted by Gasteiger charge is 2.36. The van der Waals surface area contributed by atoms with Gasteiger partial charge >= 0.3 is 0 Å². The van der Waals surface area contributed by atoms with E-state index in [9.17, 15) is 4.79 Å². The minimum Gasteiger partial charge on any atom is -0.328 e. The molecule has 3 rings (SSSR count). The van der Waals surface area contributed by atoms with E-state index in [-0.39, 0.29) is 18.0 Å². The van der Waals surface area contributed by atoms with Crippen LogP contribution in [-0.4, -0.2) is 29.9 Å². The first kappa shape index (κ1) is 12.0. The molecule has 1 aromatic carbocycles. The number of fused-ring (bicyclic) bond motifs is 1. The molecular formula is C13H16ClN3O. The van der Waals surface area contributed by atoms with Crippen LogP contribution in [0.5, 0.6) is 0 Å². The maximum atomic E-state index is 12.1. The van der Waals surface area contributed by atoms with Gasteiger partial charge in [0.15, 0.2) is 0 Å². The third kappa shape index (κ3) is 2.00. The molecule has 2 aliphatic rings. The standard InChI is InChI=1S/C13H16ClN3O/c14-8-1-2-11-10(7-8)12(13(18)16-11)17-5-3-9(15)4-6-17/h1-2,7,9,12H,3-6,15H2,(H,16,18). The van der Waals surface area contributed by atoms with E-state index in [1.807, 2.05) is 12.1 Å². The summed E-state index contributed by atoms with van der Waals surface area (Å²) in [5.41, 5.74) is 7.77. The zero-order valence-corrected chi connectivity index (χ0v) is 10.8. The van der Waals surface area contributed by atoms with Crippen molar-refractivity contribution in [1.82, 2.24) is 4.90 Å². The van der Waals surface area contributed by atoms with Gasteiger partial charge in [-0.05, 0) is 31.0 Å². The quantitative estimate of drug-likeness (QED) is 0.813. The normalized spacial score (nSPS) is 25.0. The van der Waals surface area contributed by atoms with Crippen LogP contribution < -0.4 is 11.1 Å². The lowest BCUT2D eigenvalue weighted by Gasteiger charge is -2.33. The number of piperidine rings is 1. The lowest BCUT2D eigenvalue weighted by Crippen LogP contribution is -2.43. The van der Waals surface area contributed by atoms with Gasteiger partial charge in [-0.2, -0.15) is 0 Å². The Bertz CT molecular complexity index is 483. The number of hydrogen-bond acceptors (Lipinski definition) is 3. The van der Waals surface area contributed by atoms with Gasteiger partial charge in [-0.1, -0.05) is 11.6 Å². The Balaban J connectivity index is 1.89. The van der Waals surface area contributed by atoms with Gasteiger partial charge in [0.2, 0.25) is 5.91 Å². The fraction of sp³-hybridized carbons (Fsp3) is 0.462. The second-order valence-corrected chi connectivity index (χ2v) is 5.43. The average Bonchev–Trinajstić information content (AvgIpc) is 2.66. The molecule has 0 saturated carbocycles. The van der Waals surface area contributed by atoms with Gasteiger partial charge < -0.3 is 11.1 Å². The Morgan fingerprint density at radius 2 is 2.06 bits per heavy atom. The summed E-state index contributed by atoms with van der Waals surface area (Å²) >= 11 is 6.02. The van der Waals surface area contributed by atoms with E-state index >= 15 is 0 Å². The largest absolute Gasteiger partial charge is 0.328 e. The Morgan fingerprint density at radius 1 is 1.33 bits per heavy atom. The van der Waals surface area contributed by atoms with Crippen molar-refractivity contribution in [2.45, 2.75) is 24.9 Å². The number of nitrogens with zero attached hydrogens (tertiary/aromatic N) is 1. The van der Waals surface area contributed by atoms with E-state index in [1.54, 1.807) is 6.07 Å². The highest BCUT2D eigenvalue weighted by atomic mass is 35.5. The Labute approximate surface area is 111 Å². The molecule has 1 fully saturated rings. The number of benzene rings is 1. The van der Waals surface area contributed by atoms with Crippen molar-refractivity contribution in [3.05, 3.63) is 28.8 Å². The molecule has 1 unspecified atom stereocenters. The number of carbonyl (C=O) groups is 1. The monoisotopic (exact) mass is 265 g/mol. The lowest BCUT2D eigenvalue weighted by molar-refractivity contribution is -0.121. The molecule has 0 spiro atoms. The molecule has 5 heteroatoms. The number of likely N-dealkylation sites (tertiary alicyclic amines) is 1. The number of hydrogen-bond donors (Lipinski definition) is 2. The van der Waals surface area contributed by atoms with Gasteiger partial charge in [0.05, 0.1) is 0 Å². The van der Waals surface area contributed by atoms with Gasteiger partial charge in [-0.3, -0.25) is 9.69 Å². The molecule has 1 saturated heterocycles. The van der Waals surface area contributed by atoms with Crippen molar-refractivity contribution in [3.8, 4) is 0 Å². The first-order valence-electron chi connectivity index (χ1n) is 6.25. The van der Waals surface area contributed by atoms with Crippen LogP contribution in [0.1, 0.15) is 24.4 Å². The van der Waals surface area contributed by atoms with Crippen molar-refractivity contribution in [2.75, 3.05) is 18.4 Å². The van der Waals surface area contributed by atoms with Crippen LogP contribution in [-0.2, 0) is 4.79 Å². The Hall–Kier alpha value is -1.10. The van der Waals surface area contributed by atoms with E-state index in [4.69, 9.17) is 17.3 Å². The smallest absolute Gasteiger partial charge is 0.246 e. The van der Waals surface area contributed by atoms with Gasteiger partial charge in [0, 0.05) is 35.4 Å². The van der Waals surface area contributed by atoms with Crippen LogP contribution >= 0.6 is 11.6 Å². The molecule has 0 aliphatic carbocycles. The topological polar surface area (TPSA) is 58.4 Å². The summed E-state index contributed by atoms with van der Waals surface area (Å²) < 4.78 is 0. The SMILES string of the molecule is NC1CCN(C2C(=O)Nc3ccc(Cl)cc32)CC1. The number of rotatable bonds is 1. The minimum atomic E-state index is -0.203. The first-order valence-corrected chi connectivity index (χ1v) is 6.63. The van der Waals surface area contributed by atoms with Crippen molar-refractivity contribution >= 4 is 23.2 Å². The minimum absolute atomic E-state index is 0.0442. The fourth-order valence-electron chi connectivity index (χ4n) is 2.76. The number of carbonyl (C=O) groups excluding carboxylic acids is 1. The molecule has 3 N–H and O–H groups in total. The number of amides is 1. The predicted octanol–water partition coefficient (Wildman–Crippen LogP) is 1.76. The number of halogens is 1. The van der Waals surface area contributed by atoms with Crippen molar-refractivity contribution in [1.29, 1.82) is 0 Å². The number of nitrogens with two attached hydrogens (primary N) is 1. The van der Waals surface area contributed by atoms with Crippen LogP contribution in [0.2, 0.25) is 5.02 Å². The van der Waals surface area contributed by atoms with E-state index in [2.05, 4.69) is 10.2 Å². The maximum Gasteiger partial charge on any atom is 0.246 e. The number of anilines is 1. The van der Waals surface area contributed by atoms with Crippen LogP contribution in [0, 0.1) is 0 Å². The molecule has 0 bridgehead atoms. The molecule has 4 nitrogen and oxygen atoms in total. The molecule has 18 heavy (non-hydrogen) atoms. The van der Waals surface area contributed by atoms with Crippen molar-refractivity contribution in [3.63, 3.8) is 0 Å². The summed E-state index contributed by atoms with van der Waals surface area (Å²) in [5, 5.41) is 3.58. The Kier molecular flexibility index (Phi) is 3.01. The lowest BCUT2D eigenvalue weighted by atomic mass is 10.0. The summed E-state index contributed by atoms with van der Waals surface area (Å²) in [7, 11) is 0. The zero-order valence-electron chi connectivity index (χ0n) is 10.0. The van der Waals surface area contributed by atoms with Gasteiger partial charge in [0.1, 0.15) is 6.04 Å². The highest BCUT2D eigenvalue weighted by Crippen LogP contribution is 2.37. The fourth-order valence-corrected chi connectivity index (χ4v) is 2.94. The second kappa shape index (κ2) is 4.53. The summed E-state index contributed by atoms with van der Waals surface area (Å²) in [6.45, 7) is 1.73. The third-order valence-electron chi connectivity index (χ3n) is 3.75. The first-order chi connectivity index (χ1) is 8.65. The molecule has 2 heterocycles. The summed E-state index contributed by atoms with van der Waals surface area (Å²) in [5.74, 6) is 0.0442. The van der Waals surface area contributed by atoms with Gasteiger partial charge in [0.25, 0.3) is 0 Å². The molecule has 96 valence electrons. The van der Waals surface area contributed by atoms with Crippen molar-refractivity contribution in [2.24, 2.45) is 5.73 Å². The van der Waals surface area contributed by atoms with Crippen LogP contribution in [0.3, 0.4) is 0 Å². The molecule has 0 radical (unpaired) electrons. The summed E-state index contributed by atoms with van der Waals surface area (Å²) in [6.07, 6.45) is 1.89. The molecule has 2 aliphatic heterocycles. The second-order valence-electron chi connectivity index (χ2n) is 5.00. The van der Waals surface area contributed by atoms with Crippen molar-refractivity contribution < 1.29 is 4.79 Å². The van der Waals surface area contributed by atoms with Crippen LogP contribution in [0.25, 0.3) is 0 Å². The molecule has 1 aromatic rings. The van der Waals surface area contributed by atoms with Crippen LogP contribution in [0.15, 0.2) is 18.2 Å².